The van der Waals surface area contributed by atoms with Crippen LogP contribution in [0.15, 0.2) is 73.1 Å². The van der Waals surface area contributed by atoms with E-state index in [1.165, 1.54) is 24.8 Å². The number of methoxy groups -OCH3 is 1. The monoisotopic (exact) mass is 429 g/mol. The summed E-state index contributed by atoms with van der Waals surface area (Å²) in [4.78, 5) is 4.59. The minimum absolute atomic E-state index is 0.751. The average Bonchev–Trinajstić information content (AvgIpc) is 3.27. The normalized spacial score (nSPS) is 10.9. The second-order valence-electron chi connectivity index (χ2n) is 7.92. The maximum absolute atomic E-state index is 5.83. The lowest BCUT2D eigenvalue weighted by molar-refractivity contribution is 0.305. The van der Waals surface area contributed by atoms with E-state index in [1.54, 1.807) is 7.11 Å². The fourth-order valence-corrected chi connectivity index (χ4v) is 3.70. The molecule has 4 aromatic rings. The van der Waals surface area contributed by atoms with E-state index >= 15 is 0 Å². The Morgan fingerprint density at radius 3 is 2.41 bits per heavy atom. The third-order valence-corrected chi connectivity index (χ3v) is 5.58. The lowest BCUT2D eigenvalue weighted by Crippen LogP contribution is -2.00. The Bertz CT molecular complexity index is 1120. The van der Waals surface area contributed by atoms with E-state index in [9.17, 15) is 0 Å². The van der Waals surface area contributed by atoms with E-state index in [2.05, 4.69) is 64.3 Å². The van der Waals surface area contributed by atoms with Crippen LogP contribution in [-0.4, -0.2) is 23.3 Å². The van der Waals surface area contributed by atoms with Crippen molar-refractivity contribution < 1.29 is 9.47 Å². The van der Waals surface area contributed by atoms with Crippen LogP contribution in [-0.2, 0) is 6.54 Å². The van der Waals surface area contributed by atoms with Crippen LogP contribution in [0.3, 0.4) is 0 Å². The molecule has 0 unspecified atom stereocenters. The molecule has 3 aromatic carbocycles. The predicted octanol–water partition coefficient (Wildman–Crippen LogP) is 6.61. The van der Waals surface area contributed by atoms with E-state index in [0.717, 1.165) is 53.5 Å². The Hall–Kier alpha value is -3.47. The molecule has 166 valence electrons. The van der Waals surface area contributed by atoms with Crippen LogP contribution in [0.25, 0.3) is 16.7 Å². The lowest BCUT2D eigenvalue weighted by Gasteiger charge is -2.10. The first-order valence-electron chi connectivity index (χ1n) is 11.3. The van der Waals surface area contributed by atoms with Crippen LogP contribution in [0.2, 0.25) is 0 Å². The molecule has 0 saturated carbocycles. The Morgan fingerprint density at radius 1 is 0.875 bits per heavy atom. The molecule has 1 heterocycles. The molecule has 32 heavy (non-hydrogen) atoms. The van der Waals surface area contributed by atoms with Gasteiger partial charge in [0.2, 0.25) is 0 Å². The third kappa shape index (κ3) is 5.41. The van der Waals surface area contributed by atoms with Crippen molar-refractivity contribution in [1.82, 2.24) is 9.55 Å². The number of hydrogen-bond acceptors (Lipinski definition) is 4. The van der Waals surface area contributed by atoms with Gasteiger partial charge in [0.05, 0.1) is 24.8 Å². The Balaban J connectivity index is 1.34. The van der Waals surface area contributed by atoms with Gasteiger partial charge in [0, 0.05) is 17.9 Å². The van der Waals surface area contributed by atoms with Gasteiger partial charge in [-0.15, -0.1) is 0 Å². The van der Waals surface area contributed by atoms with Crippen molar-refractivity contribution in [1.29, 1.82) is 0 Å². The first kappa shape index (κ1) is 21.8. The van der Waals surface area contributed by atoms with Crippen LogP contribution < -0.4 is 14.8 Å². The van der Waals surface area contributed by atoms with Crippen LogP contribution in [0, 0.1) is 0 Å². The Morgan fingerprint density at radius 2 is 1.66 bits per heavy atom. The fraction of sp³-hybridized carbons (Fsp3) is 0.296. The van der Waals surface area contributed by atoms with Gasteiger partial charge in [-0.05, 0) is 66.6 Å². The highest BCUT2D eigenvalue weighted by Gasteiger charge is 2.06. The van der Waals surface area contributed by atoms with Gasteiger partial charge in [-0.2, -0.15) is 0 Å². The Kier molecular flexibility index (Phi) is 7.28. The smallest absolute Gasteiger partial charge is 0.119 e. The summed E-state index contributed by atoms with van der Waals surface area (Å²) in [5.74, 6) is 1.78. The zero-order chi connectivity index (χ0) is 22.2. The minimum Gasteiger partial charge on any atom is -0.497 e. The van der Waals surface area contributed by atoms with Crippen molar-refractivity contribution in [3.8, 4) is 17.2 Å². The van der Waals surface area contributed by atoms with Crippen LogP contribution in [0.4, 0.5) is 5.69 Å². The SMILES string of the molecule is CCCCCCOc1ccc(CNc2ccc3c(c2)ncn3-c2ccc(OC)cc2)cc1. The molecule has 0 aliphatic rings. The van der Waals surface area contributed by atoms with Crippen molar-refractivity contribution >= 4 is 16.7 Å². The minimum atomic E-state index is 0.751. The van der Waals surface area contributed by atoms with Crippen molar-refractivity contribution in [3.63, 3.8) is 0 Å². The van der Waals surface area contributed by atoms with Crippen LogP contribution in [0.5, 0.6) is 11.5 Å². The van der Waals surface area contributed by atoms with Gasteiger partial charge >= 0.3 is 0 Å². The molecule has 0 amide bonds. The number of imidazole rings is 1. The molecule has 0 fully saturated rings. The average molecular weight is 430 g/mol. The van der Waals surface area contributed by atoms with E-state index in [-0.39, 0.29) is 0 Å². The molecule has 0 aliphatic carbocycles. The number of ether oxygens (including phenoxy) is 2. The maximum Gasteiger partial charge on any atom is 0.119 e. The number of benzene rings is 3. The summed E-state index contributed by atoms with van der Waals surface area (Å²) < 4.78 is 13.2. The number of unbranched alkanes of at least 4 members (excludes halogenated alkanes) is 3. The largest absolute Gasteiger partial charge is 0.497 e. The van der Waals surface area contributed by atoms with Gasteiger partial charge in [-0.25, -0.2) is 4.98 Å². The molecule has 0 aliphatic heterocycles. The highest BCUT2D eigenvalue weighted by Crippen LogP contribution is 2.23. The summed E-state index contributed by atoms with van der Waals surface area (Å²) in [6.45, 7) is 3.77. The number of hydrogen-bond donors (Lipinski definition) is 1. The zero-order valence-corrected chi connectivity index (χ0v) is 18.9. The highest BCUT2D eigenvalue weighted by molar-refractivity contribution is 5.81. The number of fused-ring (bicyclic) bond motifs is 1. The van der Waals surface area contributed by atoms with Gasteiger partial charge < -0.3 is 14.8 Å². The van der Waals surface area contributed by atoms with Crippen LogP contribution in [0.1, 0.15) is 38.2 Å². The number of aromatic nitrogens is 2. The zero-order valence-electron chi connectivity index (χ0n) is 18.9. The molecule has 1 aromatic heterocycles. The van der Waals surface area contributed by atoms with E-state index in [0.29, 0.717) is 0 Å². The molecular weight excluding hydrogens is 398 g/mol. The van der Waals surface area contributed by atoms with Crippen molar-refractivity contribution in [2.75, 3.05) is 19.0 Å². The second-order valence-corrected chi connectivity index (χ2v) is 7.92. The van der Waals surface area contributed by atoms with Gasteiger partial charge in [0.15, 0.2) is 0 Å². The number of nitrogens with zero attached hydrogens (tertiary/aromatic N) is 2. The predicted molar refractivity (Wildman–Crippen MR) is 131 cm³/mol. The molecule has 0 bridgehead atoms. The number of anilines is 1. The molecule has 5 nitrogen and oxygen atoms in total. The van der Waals surface area contributed by atoms with E-state index < -0.39 is 0 Å². The van der Waals surface area contributed by atoms with Crippen LogP contribution >= 0.6 is 0 Å². The first-order chi connectivity index (χ1) is 15.8. The Labute approximate surface area is 190 Å². The summed E-state index contributed by atoms with van der Waals surface area (Å²) in [5.41, 5.74) is 5.35. The quantitative estimate of drug-likeness (QED) is 0.273. The van der Waals surface area contributed by atoms with Gasteiger partial charge in [-0.1, -0.05) is 38.3 Å². The van der Waals surface area contributed by atoms with Crippen molar-refractivity contribution in [3.05, 3.63) is 78.6 Å². The summed E-state index contributed by atoms with van der Waals surface area (Å²) in [6.07, 6.45) is 6.74. The summed E-state index contributed by atoms with van der Waals surface area (Å²) in [5, 5.41) is 3.50. The lowest BCUT2D eigenvalue weighted by atomic mass is 10.2. The molecule has 5 heteroatoms. The second kappa shape index (κ2) is 10.7. The van der Waals surface area contributed by atoms with Gasteiger partial charge in [0.25, 0.3) is 0 Å². The summed E-state index contributed by atoms with van der Waals surface area (Å²) in [7, 11) is 1.67. The van der Waals surface area contributed by atoms with Crippen molar-refractivity contribution in [2.45, 2.75) is 39.2 Å². The number of nitrogens with one attached hydrogen (secondary N) is 1. The standard InChI is InChI=1S/C27H31N3O2/c1-3-4-5-6-17-32-25-12-7-21(8-13-25)19-28-22-9-16-27-26(18-22)29-20-30(27)23-10-14-24(31-2)15-11-23/h7-16,18,20,28H,3-6,17,19H2,1-2H3. The van der Waals surface area contributed by atoms with E-state index in [4.69, 9.17) is 9.47 Å². The molecule has 0 saturated heterocycles. The first-order valence-corrected chi connectivity index (χ1v) is 11.3. The summed E-state index contributed by atoms with van der Waals surface area (Å²) >= 11 is 0. The molecular formula is C27H31N3O2. The molecule has 0 spiro atoms. The number of rotatable bonds is 11. The van der Waals surface area contributed by atoms with E-state index in [1.807, 2.05) is 30.6 Å². The van der Waals surface area contributed by atoms with Crippen molar-refractivity contribution in [2.24, 2.45) is 0 Å². The topological polar surface area (TPSA) is 48.3 Å². The third-order valence-electron chi connectivity index (χ3n) is 5.58. The molecule has 0 radical (unpaired) electrons. The maximum atomic E-state index is 5.83. The highest BCUT2D eigenvalue weighted by atomic mass is 16.5. The molecule has 4 rings (SSSR count). The molecule has 1 N–H and O–H groups in total. The summed E-state index contributed by atoms with van der Waals surface area (Å²) in [6, 6.07) is 22.6. The fourth-order valence-electron chi connectivity index (χ4n) is 3.70. The van der Waals surface area contributed by atoms with Gasteiger partial charge in [0.1, 0.15) is 17.8 Å². The van der Waals surface area contributed by atoms with Gasteiger partial charge in [-0.3, -0.25) is 4.57 Å². The molecule has 0 atom stereocenters.